The van der Waals surface area contributed by atoms with Crippen molar-refractivity contribution in [2.24, 2.45) is 0 Å². The maximum absolute atomic E-state index is 13.5. The van der Waals surface area contributed by atoms with E-state index in [1.165, 1.54) is 11.3 Å². The fourth-order valence-electron chi connectivity index (χ4n) is 3.23. The molecule has 2 aromatic carbocycles. The minimum Gasteiger partial charge on any atom is -0.497 e. The van der Waals surface area contributed by atoms with Crippen LogP contribution >= 0.6 is 11.3 Å². The number of methoxy groups -OCH3 is 1. The summed E-state index contributed by atoms with van der Waals surface area (Å²) in [7, 11) is 1.64. The van der Waals surface area contributed by atoms with Crippen molar-refractivity contribution in [3.8, 4) is 5.75 Å². The number of fused-ring (bicyclic) bond motifs is 1. The molecule has 29 heavy (non-hydrogen) atoms. The second kappa shape index (κ2) is 8.01. The second-order valence-corrected chi connectivity index (χ2v) is 7.91. The van der Waals surface area contributed by atoms with E-state index in [4.69, 9.17) is 9.72 Å². The van der Waals surface area contributed by atoms with Crippen LogP contribution in [-0.2, 0) is 6.54 Å². The summed E-state index contributed by atoms with van der Waals surface area (Å²) in [6.07, 6.45) is 3.50. The number of aromatic nitrogens is 2. The van der Waals surface area contributed by atoms with Crippen molar-refractivity contribution in [1.29, 1.82) is 0 Å². The van der Waals surface area contributed by atoms with Crippen molar-refractivity contribution in [2.75, 3.05) is 12.0 Å². The molecule has 0 spiro atoms. The van der Waals surface area contributed by atoms with Crippen molar-refractivity contribution in [2.45, 2.75) is 20.4 Å². The molecule has 0 N–H and O–H groups in total. The number of carbonyl (C=O) groups is 1. The fraction of sp³-hybridized carbons (Fsp3) is 0.174. The average molecular weight is 404 g/mol. The van der Waals surface area contributed by atoms with Gasteiger partial charge in [-0.25, -0.2) is 4.98 Å². The van der Waals surface area contributed by atoms with Gasteiger partial charge in [0, 0.05) is 18.0 Å². The molecule has 2 heterocycles. The zero-order valence-corrected chi connectivity index (χ0v) is 17.4. The monoisotopic (exact) mass is 403 g/mol. The summed E-state index contributed by atoms with van der Waals surface area (Å²) in [6.45, 7) is 4.39. The number of anilines is 1. The Balaban J connectivity index is 1.78. The molecule has 1 amide bonds. The van der Waals surface area contributed by atoms with E-state index in [1.54, 1.807) is 24.4 Å². The molecule has 0 aliphatic heterocycles. The molecule has 0 aliphatic rings. The molecule has 2 aromatic heterocycles. The molecule has 0 fully saturated rings. The number of benzene rings is 2. The maximum atomic E-state index is 13.5. The highest BCUT2D eigenvalue weighted by Gasteiger charge is 2.23. The first-order valence-electron chi connectivity index (χ1n) is 9.28. The molecule has 6 heteroatoms. The lowest BCUT2D eigenvalue weighted by Gasteiger charge is -2.21. The van der Waals surface area contributed by atoms with Gasteiger partial charge in [0.15, 0.2) is 5.13 Å². The highest BCUT2D eigenvalue weighted by atomic mass is 32.1. The van der Waals surface area contributed by atoms with Gasteiger partial charge in [-0.3, -0.25) is 14.7 Å². The predicted octanol–water partition coefficient (Wildman–Crippen LogP) is 5.16. The normalized spacial score (nSPS) is 10.9. The highest BCUT2D eigenvalue weighted by molar-refractivity contribution is 7.22. The van der Waals surface area contributed by atoms with Gasteiger partial charge in [-0.1, -0.05) is 35.1 Å². The number of amides is 1. The Bertz CT molecular complexity index is 1170. The van der Waals surface area contributed by atoms with E-state index in [0.29, 0.717) is 17.2 Å². The van der Waals surface area contributed by atoms with Gasteiger partial charge in [0.25, 0.3) is 5.91 Å². The Hall–Kier alpha value is -3.25. The molecule has 0 aliphatic carbocycles. The molecule has 4 aromatic rings. The summed E-state index contributed by atoms with van der Waals surface area (Å²) in [6, 6.07) is 15.5. The number of rotatable bonds is 5. The van der Waals surface area contributed by atoms with Gasteiger partial charge in [-0.15, -0.1) is 0 Å². The summed E-state index contributed by atoms with van der Waals surface area (Å²) < 4.78 is 6.30. The van der Waals surface area contributed by atoms with E-state index in [2.05, 4.69) is 4.98 Å². The van der Waals surface area contributed by atoms with Crippen molar-refractivity contribution in [3.63, 3.8) is 0 Å². The van der Waals surface area contributed by atoms with Crippen molar-refractivity contribution >= 4 is 32.6 Å². The minimum atomic E-state index is -0.0719. The molecular weight excluding hydrogens is 382 g/mol. The van der Waals surface area contributed by atoms with E-state index < -0.39 is 0 Å². The number of hydrogen-bond acceptors (Lipinski definition) is 5. The van der Waals surface area contributed by atoms with Crippen LogP contribution in [0, 0.1) is 13.8 Å². The molecule has 0 radical (unpaired) electrons. The average Bonchev–Trinajstić information content (AvgIpc) is 3.15. The molecule has 0 saturated heterocycles. The lowest BCUT2D eigenvalue weighted by Crippen LogP contribution is -2.31. The molecule has 5 nitrogen and oxygen atoms in total. The molecule has 146 valence electrons. The van der Waals surface area contributed by atoms with Gasteiger partial charge in [-0.05, 0) is 55.3 Å². The first-order valence-corrected chi connectivity index (χ1v) is 10.1. The fourth-order valence-corrected chi connectivity index (χ4v) is 4.23. The second-order valence-electron chi connectivity index (χ2n) is 6.90. The largest absolute Gasteiger partial charge is 0.497 e. The van der Waals surface area contributed by atoms with Crippen LogP contribution in [0.1, 0.15) is 27.0 Å². The van der Waals surface area contributed by atoms with Crippen LogP contribution in [0.15, 0.2) is 60.9 Å². The number of aryl methyl sites for hydroxylation is 2. The predicted molar refractivity (Wildman–Crippen MR) is 117 cm³/mol. The SMILES string of the molecule is COc1ccc2nc(N(Cc3cccnc3)C(=O)c3ccc(C)cc3C)sc2c1. The Kier molecular flexibility index (Phi) is 5.27. The van der Waals surface area contributed by atoms with E-state index in [9.17, 15) is 4.79 Å². The van der Waals surface area contributed by atoms with Gasteiger partial charge >= 0.3 is 0 Å². The van der Waals surface area contributed by atoms with Crippen molar-refractivity contribution in [1.82, 2.24) is 9.97 Å². The Morgan fingerprint density at radius 1 is 1.14 bits per heavy atom. The highest BCUT2D eigenvalue weighted by Crippen LogP contribution is 2.33. The van der Waals surface area contributed by atoms with Gasteiger partial charge < -0.3 is 4.74 Å². The first kappa shape index (κ1) is 19.1. The zero-order chi connectivity index (χ0) is 20.4. The van der Waals surface area contributed by atoms with Crippen LogP contribution in [0.3, 0.4) is 0 Å². The number of pyridine rings is 1. The number of thiazole rings is 1. The Labute approximate surface area is 173 Å². The summed E-state index contributed by atoms with van der Waals surface area (Å²) in [5, 5.41) is 0.655. The van der Waals surface area contributed by atoms with Gasteiger partial charge in [0.2, 0.25) is 0 Å². The topological polar surface area (TPSA) is 55.3 Å². The van der Waals surface area contributed by atoms with Crippen LogP contribution in [0.2, 0.25) is 0 Å². The number of carbonyl (C=O) groups excluding carboxylic acids is 1. The van der Waals surface area contributed by atoms with Crippen LogP contribution < -0.4 is 9.64 Å². The van der Waals surface area contributed by atoms with E-state index in [-0.39, 0.29) is 5.91 Å². The van der Waals surface area contributed by atoms with E-state index >= 15 is 0 Å². The van der Waals surface area contributed by atoms with Gasteiger partial charge in [-0.2, -0.15) is 0 Å². The molecular formula is C23H21N3O2S. The summed E-state index contributed by atoms with van der Waals surface area (Å²) in [4.78, 5) is 24.2. The summed E-state index contributed by atoms with van der Waals surface area (Å²) in [5.74, 6) is 0.699. The van der Waals surface area contributed by atoms with E-state index in [0.717, 1.165) is 32.7 Å². The third-order valence-corrected chi connectivity index (χ3v) is 5.78. The summed E-state index contributed by atoms with van der Waals surface area (Å²) >= 11 is 1.48. The van der Waals surface area contributed by atoms with Crippen molar-refractivity contribution in [3.05, 3.63) is 83.2 Å². The van der Waals surface area contributed by atoms with E-state index in [1.807, 2.05) is 62.4 Å². The smallest absolute Gasteiger partial charge is 0.260 e. The lowest BCUT2D eigenvalue weighted by molar-refractivity contribution is 0.0984. The van der Waals surface area contributed by atoms with Crippen LogP contribution in [0.4, 0.5) is 5.13 Å². The Morgan fingerprint density at radius 3 is 2.72 bits per heavy atom. The quantitative estimate of drug-likeness (QED) is 0.462. The van der Waals surface area contributed by atoms with Crippen LogP contribution in [0.5, 0.6) is 5.75 Å². The van der Waals surface area contributed by atoms with Crippen molar-refractivity contribution < 1.29 is 9.53 Å². The zero-order valence-electron chi connectivity index (χ0n) is 16.5. The number of ether oxygens (including phenoxy) is 1. The standard InChI is InChI=1S/C23H21N3O2S/c1-15-6-8-19(16(2)11-15)22(27)26(14-17-5-4-10-24-13-17)23-25-20-9-7-18(28-3)12-21(20)29-23/h4-13H,14H2,1-3H3. The first-order chi connectivity index (χ1) is 14.0. The van der Waals surface area contributed by atoms with Crippen LogP contribution in [-0.4, -0.2) is 23.0 Å². The Morgan fingerprint density at radius 2 is 2.00 bits per heavy atom. The molecule has 0 saturated carbocycles. The number of nitrogens with zero attached hydrogens (tertiary/aromatic N) is 3. The molecule has 0 unspecified atom stereocenters. The lowest BCUT2D eigenvalue weighted by atomic mass is 10.0. The maximum Gasteiger partial charge on any atom is 0.260 e. The van der Waals surface area contributed by atoms with Gasteiger partial charge in [0.05, 0.1) is 23.9 Å². The minimum absolute atomic E-state index is 0.0719. The third-order valence-electron chi connectivity index (χ3n) is 4.74. The molecule has 0 bridgehead atoms. The molecule has 0 atom stereocenters. The summed E-state index contributed by atoms with van der Waals surface area (Å²) in [5.41, 5.74) is 4.55. The third kappa shape index (κ3) is 3.98. The number of hydrogen-bond donors (Lipinski definition) is 0. The van der Waals surface area contributed by atoms with Crippen LogP contribution in [0.25, 0.3) is 10.2 Å². The van der Waals surface area contributed by atoms with Gasteiger partial charge in [0.1, 0.15) is 5.75 Å². The molecule has 4 rings (SSSR count).